The predicted octanol–water partition coefficient (Wildman–Crippen LogP) is 1.91. The molecule has 0 aliphatic heterocycles. The van der Waals surface area contributed by atoms with E-state index in [9.17, 15) is 0 Å². The number of hydrogen-bond acceptors (Lipinski definition) is 3. The summed E-state index contributed by atoms with van der Waals surface area (Å²) in [6.07, 6.45) is 9.21. The molecular weight excluding hydrogens is 200 g/mol. The van der Waals surface area contributed by atoms with E-state index >= 15 is 0 Å². The third-order valence-electron chi connectivity index (χ3n) is 3.65. The van der Waals surface area contributed by atoms with E-state index in [-0.39, 0.29) is 0 Å². The number of H-pyrrole nitrogens is 1. The second-order valence-corrected chi connectivity index (χ2v) is 4.70. The molecule has 2 unspecified atom stereocenters. The van der Waals surface area contributed by atoms with Gasteiger partial charge in [-0.2, -0.15) is 5.10 Å². The Hall–Kier alpha value is -0.900. The molecule has 4 nitrogen and oxygen atoms in total. The van der Waals surface area contributed by atoms with Gasteiger partial charge in [-0.15, -0.1) is 0 Å². The lowest BCUT2D eigenvalue weighted by Gasteiger charge is -2.19. The lowest BCUT2D eigenvalue weighted by molar-refractivity contribution is 0.388. The van der Waals surface area contributed by atoms with Gasteiger partial charge >= 0.3 is 0 Å². The van der Waals surface area contributed by atoms with Crippen molar-refractivity contribution in [1.82, 2.24) is 20.5 Å². The number of aryl methyl sites for hydroxylation is 1. The van der Waals surface area contributed by atoms with E-state index in [4.69, 9.17) is 0 Å². The van der Waals surface area contributed by atoms with Crippen LogP contribution in [0, 0.1) is 5.92 Å². The molecule has 1 aliphatic rings. The van der Waals surface area contributed by atoms with Crippen LogP contribution in [0.3, 0.4) is 0 Å². The van der Waals surface area contributed by atoms with Crippen LogP contribution in [0.2, 0.25) is 0 Å². The van der Waals surface area contributed by atoms with Gasteiger partial charge in [-0.3, -0.25) is 5.10 Å². The summed E-state index contributed by atoms with van der Waals surface area (Å²) in [5.41, 5.74) is 0. The summed E-state index contributed by atoms with van der Waals surface area (Å²) >= 11 is 0. The van der Waals surface area contributed by atoms with Gasteiger partial charge in [0, 0.05) is 12.5 Å². The second kappa shape index (κ2) is 5.99. The first-order valence-electron chi connectivity index (χ1n) is 6.47. The highest BCUT2D eigenvalue weighted by molar-refractivity contribution is 4.83. The van der Waals surface area contributed by atoms with E-state index in [0.29, 0.717) is 0 Å². The molecule has 0 spiro atoms. The van der Waals surface area contributed by atoms with Crippen molar-refractivity contribution in [3.63, 3.8) is 0 Å². The van der Waals surface area contributed by atoms with Crippen molar-refractivity contribution in [1.29, 1.82) is 0 Å². The average molecular weight is 222 g/mol. The molecule has 0 radical (unpaired) electrons. The Bertz CT molecular complexity index is 283. The van der Waals surface area contributed by atoms with E-state index in [1.54, 1.807) is 6.33 Å². The fourth-order valence-electron chi connectivity index (χ4n) is 2.69. The highest BCUT2D eigenvalue weighted by Gasteiger charge is 2.24. The minimum absolute atomic E-state index is 0.764. The van der Waals surface area contributed by atoms with Crippen LogP contribution in [0.25, 0.3) is 0 Å². The van der Waals surface area contributed by atoms with Crippen molar-refractivity contribution in [2.45, 2.75) is 51.5 Å². The maximum atomic E-state index is 4.12. The summed E-state index contributed by atoms with van der Waals surface area (Å²) < 4.78 is 0. The van der Waals surface area contributed by atoms with Gasteiger partial charge in [0.1, 0.15) is 12.2 Å². The summed E-state index contributed by atoms with van der Waals surface area (Å²) in [7, 11) is 0. The lowest BCUT2D eigenvalue weighted by atomic mass is 10.0. The first-order valence-corrected chi connectivity index (χ1v) is 6.47. The van der Waals surface area contributed by atoms with E-state index < -0.39 is 0 Å². The highest BCUT2D eigenvalue weighted by atomic mass is 15.2. The Morgan fingerprint density at radius 3 is 3.19 bits per heavy atom. The Kier molecular flexibility index (Phi) is 4.34. The third-order valence-corrected chi connectivity index (χ3v) is 3.65. The number of rotatable bonds is 6. The number of nitrogens with one attached hydrogen (secondary N) is 2. The lowest BCUT2D eigenvalue weighted by Crippen LogP contribution is -2.33. The minimum Gasteiger partial charge on any atom is -0.314 e. The molecule has 1 heterocycles. The molecule has 0 amide bonds. The average Bonchev–Trinajstić information content (AvgIpc) is 2.95. The number of aromatic nitrogens is 3. The second-order valence-electron chi connectivity index (χ2n) is 4.70. The molecule has 1 aliphatic carbocycles. The Labute approximate surface area is 97.2 Å². The molecule has 0 saturated heterocycles. The van der Waals surface area contributed by atoms with E-state index in [1.807, 2.05) is 0 Å². The summed E-state index contributed by atoms with van der Waals surface area (Å²) in [4.78, 5) is 4.12. The highest BCUT2D eigenvalue weighted by Crippen LogP contribution is 2.27. The van der Waals surface area contributed by atoms with Crippen molar-refractivity contribution < 1.29 is 0 Å². The monoisotopic (exact) mass is 222 g/mol. The molecular formula is C12H22N4. The number of aromatic amines is 1. The van der Waals surface area contributed by atoms with Crippen LogP contribution >= 0.6 is 0 Å². The van der Waals surface area contributed by atoms with Gasteiger partial charge < -0.3 is 5.32 Å². The van der Waals surface area contributed by atoms with Crippen molar-refractivity contribution >= 4 is 0 Å². The molecule has 0 bridgehead atoms. The van der Waals surface area contributed by atoms with E-state index in [1.165, 1.54) is 25.7 Å². The summed E-state index contributed by atoms with van der Waals surface area (Å²) in [6, 6.07) is 0.764. The topological polar surface area (TPSA) is 53.6 Å². The Morgan fingerprint density at radius 2 is 2.44 bits per heavy atom. The molecule has 0 aromatic carbocycles. The largest absolute Gasteiger partial charge is 0.314 e. The zero-order valence-electron chi connectivity index (χ0n) is 10.1. The van der Waals surface area contributed by atoms with Gasteiger partial charge in [0.25, 0.3) is 0 Å². The SMILES string of the molecule is CCC1CCCC1NCCCc1ncn[nH]1. The van der Waals surface area contributed by atoms with Gasteiger partial charge in [0.05, 0.1) is 0 Å². The number of nitrogens with zero attached hydrogens (tertiary/aromatic N) is 2. The molecule has 16 heavy (non-hydrogen) atoms. The molecule has 2 N–H and O–H groups in total. The van der Waals surface area contributed by atoms with Crippen LogP contribution in [-0.4, -0.2) is 27.8 Å². The Balaban J connectivity index is 1.61. The van der Waals surface area contributed by atoms with E-state index in [2.05, 4.69) is 27.4 Å². The summed E-state index contributed by atoms with van der Waals surface area (Å²) in [6.45, 7) is 3.40. The smallest absolute Gasteiger partial charge is 0.137 e. The first-order chi connectivity index (χ1) is 7.90. The van der Waals surface area contributed by atoms with Crippen LogP contribution in [-0.2, 0) is 6.42 Å². The zero-order chi connectivity index (χ0) is 11.2. The van der Waals surface area contributed by atoms with Crippen LogP contribution in [0.1, 0.15) is 44.9 Å². The fourth-order valence-corrected chi connectivity index (χ4v) is 2.69. The van der Waals surface area contributed by atoms with Gasteiger partial charge in [-0.25, -0.2) is 4.98 Å². The molecule has 1 aromatic rings. The predicted molar refractivity (Wildman–Crippen MR) is 64.1 cm³/mol. The van der Waals surface area contributed by atoms with Crippen LogP contribution in [0.5, 0.6) is 0 Å². The fraction of sp³-hybridized carbons (Fsp3) is 0.833. The van der Waals surface area contributed by atoms with Crippen LogP contribution < -0.4 is 5.32 Å². The summed E-state index contributed by atoms with van der Waals surface area (Å²) in [5, 5.41) is 10.4. The molecule has 90 valence electrons. The van der Waals surface area contributed by atoms with E-state index in [0.717, 1.165) is 37.2 Å². The Morgan fingerprint density at radius 1 is 1.50 bits per heavy atom. The summed E-state index contributed by atoms with van der Waals surface area (Å²) in [5.74, 6) is 1.91. The molecule has 2 atom stereocenters. The standard InChI is InChI=1S/C12H22N4/c1-2-10-5-3-6-11(10)13-8-4-7-12-14-9-15-16-12/h9-11,13H,2-8H2,1H3,(H,14,15,16). The number of hydrogen-bond donors (Lipinski definition) is 2. The van der Waals surface area contributed by atoms with Crippen LogP contribution in [0.15, 0.2) is 6.33 Å². The third kappa shape index (κ3) is 3.04. The van der Waals surface area contributed by atoms with Crippen molar-refractivity contribution in [3.05, 3.63) is 12.2 Å². The van der Waals surface area contributed by atoms with Crippen molar-refractivity contribution in [2.24, 2.45) is 5.92 Å². The first kappa shape index (κ1) is 11.6. The molecule has 1 aromatic heterocycles. The molecule has 2 rings (SSSR count). The van der Waals surface area contributed by atoms with Crippen molar-refractivity contribution in [2.75, 3.05) is 6.54 Å². The van der Waals surface area contributed by atoms with Gasteiger partial charge in [-0.05, 0) is 31.7 Å². The molecule has 1 fully saturated rings. The van der Waals surface area contributed by atoms with Crippen LogP contribution in [0.4, 0.5) is 0 Å². The van der Waals surface area contributed by atoms with Crippen molar-refractivity contribution in [3.8, 4) is 0 Å². The molecule has 1 saturated carbocycles. The normalized spacial score (nSPS) is 25.1. The van der Waals surface area contributed by atoms with Gasteiger partial charge in [0.15, 0.2) is 0 Å². The maximum Gasteiger partial charge on any atom is 0.137 e. The molecule has 4 heteroatoms. The minimum atomic E-state index is 0.764. The maximum absolute atomic E-state index is 4.12. The van der Waals surface area contributed by atoms with Gasteiger partial charge in [0.2, 0.25) is 0 Å². The zero-order valence-corrected chi connectivity index (χ0v) is 10.1. The van der Waals surface area contributed by atoms with Gasteiger partial charge in [-0.1, -0.05) is 19.8 Å². The quantitative estimate of drug-likeness (QED) is 0.723.